The number of nitrogens with zero attached hydrogens (tertiary/aromatic N) is 2. The van der Waals surface area contributed by atoms with Crippen molar-refractivity contribution in [1.29, 1.82) is 0 Å². The van der Waals surface area contributed by atoms with Crippen molar-refractivity contribution in [2.24, 2.45) is 7.05 Å². The summed E-state index contributed by atoms with van der Waals surface area (Å²) in [4.78, 5) is 14.2. The SMILES string of the molecule is CCN(CC)CCc1ccc2c(=O)ccn(C)c2c1. The van der Waals surface area contributed by atoms with Gasteiger partial charge >= 0.3 is 0 Å². The Hall–Kier alpha value is -1.61. The first-order chi connectivity index (χ1) is 9.15. The Morgan fingerprint density at radius 2 is 1.89 bits per heavy atom. The molecule has 2 aromatic rings. The Kier molecular flexibility index (Phi) is 4.38. The molecule has 0 radical (unpaired) electrons. The molecule has 0 fully saturated rings. The highest BCUT2D eigenvalue weighted by molar-refractivity contribution is 5.79. The molecule has 1 aromatic heterocycles. The van der Waals surface area contributed by atoms with E-state index in [0.717, 1.165) is 37.0 Å². The van der Waals surface area contributed by atoms with Gasteiger partial charge in [-0.15, -0.1) is 0 Å². The lowest BCUT2D eigenvalue weighted by molar-refractivity contribution is 0.308. The largest absolute Gasteiger partial charge is 0.350 e. The minimum absolute atomic E-state index is 0.100. The van der Waals surface area contributed by atoms with Crippen LogP contribution in [0.4, 0.5) is 0 Å². The van der Waals surface area contributed by atoms with Crippen LogP contribution in [0.1, 0.15) is 19.4 Å². The van der Waals surface area contributed by atoms with E-state index < -0.39 is 0 Å². The van der Waals surface area contributed by atoms with Crippen molar-refractivity contribution < 1.29 is 0 Å². The van der Waals surface area contributed by atoms with Crippen LogP contribution in [0, 0.1) is 0 Å². The van der Waals surface area contributed by atoms with E-state index in [2.05, 4.69) is 30.9 Å². The molecule has 0 saturated heterocycles. The number of benzene rings is 1. The molecule has 0 aliphatic rings. The number of pyridine rings is 1. The van der Waals surface area contributed by atoms with Crippen LogP contribution in [0.3, 0.4) is 0 Å². The van der Waals surface area contributed by atoms with Crippen LogP contribution in [-0.2, 0) is 13.5 Å². The average Bonchev–Trinajstić information content (AvgIpc) is 2.44. The third-order valence-electron chi connectivity index (χ3n) is 3.77. The van der Waals surface area contributed by atoms with Crippen LogP contribution >= 0.6 is 0 Å². The Labute approximate surface area is 114 Å². The lowest BCUT2D eigenvalue weighted by Crippen LogP contribution is -2.25. The summed E-state index contributed by atoms with van der Waals surface area (Å²) in [5.41, 5.74) is 2.41. The summed E-state index contributed by atoms with van der Waals surface area (Å²) >= 11 is 0. The highest BCUT2D eigenvalue weighted by Gasteiger charge is 2.04. The lowest BCUT2D eigenvalue weighted by atomic mass is 10.1. The number of aryl methyl sites for hydroxylation is 1. The second-order valence-corrected chi connectivity index (χ2v) is 4.92. The molecule has 0 amide bonds. The zero-order valence-corrected chi connectivity index (χ0v) is 12.0. The van der Waals surface area contributed by atoms with Crippen molar-refractivity contribution in [3.05, 3.63) is 46.2 Å². The molecule has 3 heteroatoms. The average molecular weight is 258 g/mol. The summed E-state index contributed by atoms with van der Waals surface area (Å²) in [6.45, 7) is 7.62. The molecule has 2 rings (SSSR count). The van der Waals surface area contributed by atoms with Crippen molar-refractivity contribution in [3.8, 4) is 0 Å². The molecule has 3 nitrogen and oxygen atoms in total. The van der Waals surface area contributed by atoms with Crippen molar-refractivity contribution in [1.82, 2.24) is 9.47 Å². The normalized spacial score (nSPS) is 11.4. The van der Waals surface area contributed by atoms with Gasteiger partial charge in [-0.05, 0) is 37.2 Å². The van der Waals surface area contributed by atoms with Crippen LogP contribution < -0.4 is 5.43 Å². The fraction of sp³-hybridized carbons (Fsp3) is 0.438. The summed E-state index contributed by atoms with van der Waals surface area (Å²) in [7, 11) is 1.98. The van der Waals surface area contributed by atoms with Crippen LogP contribution in [-0.4, -0.2) is 29.1 Å². The lowest BCUT2D eigenvalue weighted by Gasteiger charge is -2.18. The van der Waals surface area contributed by atoms with E-state index >= 15 is 0 Å². The molecule has 1 heterocycles. The highest BCUT2D eigenvalue weighted by Crippen LogP contribution is 2.13. The number of aromatic nitrogens is 1. The van der Waals surface area contributed by atoms with Gasteiger partial charge in [0.15, 0.2) is 5.43 Å². The fourth-order valence-electron chi connectivity index (χ4n) is 2.41. The van der Waals surface area contributed by atoms with Gasteiger partial charge in [0.05, 0.1) is 5.52 Å². The standard InChI is InChI=1S/C16H22N2O/c1-4-18(5-2)11-8-13-6-7-14-15(12-13)17(3)10-9-16(14)19/h6-7,9-10,12H,4-5,8,11H2,1-3H3. The van der Waals surface area contributed by atoms with Crippen molar-refractivity contribution >= 4 is 10.9 Å². The molecule has 0 aliphatic heterocycles. The number of likely N-dealkylation sites (N-methyl/N-ethyl adjacent to an activating group) is 1. The van der Waals surface area contributed by atoms with Crippen molar-refractivity contribution in [2.45, 2.75) is 20.3 Å². The van der Waals surface area contributed by atoms with Gasteiger partial charge in [-0.2, -0.15) is 0 Å². The van der Waals surface area contributed by atoms with E-state index in [1.165, 1.54) is 5.56 Å². The molecule has 0 aliphatic carbocycles. The maximum Gasteiger partial charge on any atom is 0.189 e. The van der Waals surface area contributed by atoms with Crippen molar-refractivity contribution in [3.63, 3.8) is 0 Å². The van der Waals surface area contributed by atoms with E-state index in [-0.39, 0.29) is 5.43 Å². The van der Waals surface area contributed by atoms with Gasteiger partial charge in [0, 0.05) is 31.2 Å². The fourth-order valence-corrected chi connectivity index (χ4v) is 2.41. The zero-order valence-electron chi connectivity index (χ0n) is 12.0. The van der Waals surface area contributed by atoms with E-state index in [0.29, 0.717) is 0 Å². The molecule has 19 heavy (non-hydrogen) atoms. The predicted molar refractivity (Wildman–Crippen MR) is 80.7 cm³/mol. The van der Waals surface area contributed by atoms with E-state index in [1.54, 1.807) is 6.07 Å². The van der Waals surface area contributed by atoms with Crippen LogP contribution in [0.5, 0.6) is 0 Å². The first kappa shape index (κ1) is 13.8. The van der Waals surface area contributed by atoms with E-state index in [9.17, 15) is 4.79 Å². The number of fused-ring (bicyclic) bond motifs is 1. The minimum Gasteiger partial charge on any atom is -0.350 e. The van der Waals surface area contributed by atoms with Gasteiger partial charge in [0.25, 0.3) is 0 Å². The molecular weight excluding hydrogens is 236 g/mol. The molecule has 0 bridgehead atoms. The number of hydrogen-bond donors (Lipinski definition) is 0. The highest BCUT2D eigenvalue weighted by atomic mass is 16.1. The second-order valence-electron chi connectivity index (χ2n) is 4.92. The first-order valence-electron chi connectivity index (χ1n) is 6.96. The summed E-state index contributed by atoms with van der Waals surface area (Å²) in [5, 5.41) is 0.802. The Morgan fingerprint density at radius 1 is 1.16 bits per heavy atom. The zero-order chi connectivity index (χ0) is 13.8. The third kappa shape index (κ3) is 3.04. The molecule has 0 atom stereocenters. The Balaban J connectivity index is 2.27. The molecule has 0 saturated carbocycles. The van der Waals surface area contributed by atoms with Crippen LogP contribution in [0.25, 0.3) is 10.9 Å². The van der Waals surface area contributed by atoms with Gasteiger partial charge in [-0.1, -0.05) is 19.9 Å². The van der Waals surface area contributed by atoms with Gasteiger partial charge in [0.2, 0.25) is 0 Å². The Morgan fingerprint density at radius 3 is 2.58 bits per heavy atom. The summed E-state index contributed by atoms with van der Waals surface area (Å²) in [5.74, 6) is 0. The van der Waals surface area contributed by atoms with Crippen LogP contribution in [0.2, 0.25) is 0 Å². The molecule has 0 spiro atoms. The molecule has 0 unspecified atom stereocenters. The second kappa shape index (κ2) is 6.02. The monoisotopic (exact) mass is 258 g/mol. The van der Waals surface area contributed by atoms with Crippen molar-refractivity contribution in [2.75, 3.05) is 19.6 Å². The van der Waals surface area contributed by atoms with Gasteiger partial charge in [-0.25, -0.2) is 0 Å². The maximum absolute atomic E-state index is 11.8. The smallest absolute Gasteiger partial charge is 0.189 e. The maximum atomic E-state index is 11.8. The minimum atomic E-state index is 0.100. The van der Waals surface area contributed by atoms with Gasteiger partial charge < -0.3 is 9.47 Å². The summed E-state index contributed by atoms with van der Waals surface area (Å²) < 4.78 is 2.01. The topological polar surface area (TPSA) is 25.2 Å². The number of hydrogen-bond acceptors (Lipinski definition) is 2. The van der Waals surface area contributed by atoms with Gasteiger partial charge in [-0.3, -0.25) is 4.79 Å². The van der Waals surface area contributed by atoms with E-state index in [4.69, 9.17) is 0 Å². The quantitative estimate of drug-likeness (QED) is 0.823. The third-order valence-corrected chi connectivity index (χ3v) is 3.77. The van der Waals surface area contributed by atoms with E-state index in [1.807, 2.05) is 23.9 Å². The van der Waals surface area contributed by atoms with Gasteiger partial charge in [0.1, 0.15) is 0 Å². The summed E-state index contributed by atoms with van der Waals surface area (Å²) in [6, 6.07) is 7.79. The first-order valence-corrected chi connectivity index (χ1v) is 6.96. The molecule has 102 valence electrons. The molecule has 0 N–H and O–H groups in total. The number of rotatable bonds is 5. The molecule has 1 aromatic carbocycles. The van der Waals surface area contributed by atoms with Crippen LogP contribution in [0.15, 0.2) is 35.3 Å². The summed E-state index contributed by atoms with van der Waals surface area (Å²) in [6.07, 6.45) is 2.86. The predicted octanol–water partition coefficient (Wildman–Crippen LogP) is 2.42. The Bertz CT molecular complexity index is 612. The molecular formula is C16H22N2O.